The van der Waals surface area contributed by atoms with E-state index in [1.54, 1.807) is 48.5 Å². The van der Waals surface area contributed by atoms with Crippen LogP contribution in [0.3, 0.4) is 0 Å². The number of aryl methyl sites for hydroxylation is 2. The van der Waals surface area contributed by atoms with Gasteiger partial charge < -0.3 is 24.2 Å². The van der Waals surface area contributed by atoms with Crippen molar-refractivity contribution in [3.05, 3.63) is 96.1 Å². The van der Waals surface area contributed by atoms with Crippen LogP contribution in [0.1, 0.15) is 89.2 Å². The minimum atomic E-state index is -4.70. The summed E-state index contributed by atoms with van der Waals surface area (Å²) in [6.07, 6.45) is 11.0. The summed E-state index contributed by atoms with van der Waals surface area (Å²) in [6.45, 7) is 4.24. The summed E-state index contributed by atoms with van der Waals surface area (Å²) in [6, 6.07) is 22.5. The van der Waals surface area contributed by atoms with Crippen molar-refractivity contribution in [2.45, 2.75) is 101 Å². The average molecular weight is 767 g/mol. The van der Waals surface area contributed by atoms with E-state index in [-0.39, 0.29) is 59.9 Å². The quantitative estimate of drug-likeness (QED) is 0.0568. The Labute approximate surface area is 332 Å². The topological polar surface area (TPSA) is 173 Å². The third-order valence-electron chi connectivity index (χ3n) is 7.86. The zero-order chi connectivity index (χ0) is 36.6. The third kappa shape index (κ3) is 15.3. The van der Waals surface area contributed by atoms with E-state index in [4.69, 9.17) is 9.47 Å². The molecule has 13 heteroatoms. The van der Waals surface area contributed by atoms with E-state index in [2.05, 4.69) is 13.8 Å². The summed E-state index contributed by atoms with van der Waals surface area (Å²) in [5, 5.41) is 22.2. The molecule has 272 valence electrons. The number of para-hydroxylation sites is 2. The molecule has 0 aliphatic heterocycles. The van der Waals surface area contributed by atoms with E-state index < -0.39 is 30.9 Å². The van der Waals surface area contributed by atoms with E-state index in [0.29, 0.717) is 35.5 Å². The molecule has 0 bridgehead atoms. The molecule has 0 spiro atoms. The van der Waals surface area contributed by atoms with Crippen molar-refractivity contribution in [2.24, 2.45) is 0 Å². The van der Waals surface area contributed by atoms with Gasteiger partial charge in [0.15, 0.2) is 11.5 Å². The van der Waals surface area contributed by atoms with E-state index in [9.17, 15) is 36.2 Å². The molecule has 0 aliphatic rings. The summed E-state index contributed by atoms with van der Waals surface area (Å²) in [4.78, 5) is -0.700. The number of rotatable bonds is 18. The van der Waals surface area contributed by atoms with Crippen LogP contribution in [0.25, 0.3) is 0 Å². The molecule has 0 radical (unpaired) electrons. The Balaban J connectivity index is 0.000000347. The number of ether oxygens (including phenoxy) is 2. The monoisotopic (exact) mass is 766 g/mol. The molecule has 51 heavy (non-hydrogen) atoms. The Bertz CT molecular complexity index is 1710. The van der Waals surface area contributed by atoms with Crippen LogP contribution in [0.2, 0.25) is 0 Å². The molecule has 0 atom stereocenters. The number of benzene rings is 4. The molecule has 0 amide bonds. The summed E-state index contributed by atoms with van der Waals surface area (Å²) in [5.74, 6) is 0.265. The first-order valence-electron chi connectivity index (χ1n) is 16.9. The zero-order valence-electron chi connectivity index (χ0n) is 29.3. The van der Waals surface area contributed by atoms with Gasteiger partial charge in [-0.15, -0.1) is 0 Å². The second kappa shape index (κ2) is 22.3. The maximum absolute atomic E-state index is 12.1. The Morgan fingerprint density at radius 2 is 1.04 bits per heavy atom. The van der Waals surface area contributed by atoms with Crippen molar-refractivity contribution >= 4 is 58.0 Å². The molecule has 0 aliphatic carbocycles. The number of aromatic hydroxyl groups is 1. The van der Waals surface area contributed by atoms with Crippen molar-refractivity contribution in [1.82, 2.24) is 0 Å². The second-order valence-electron chi connectivity index (χ2n) is 11.9. The van der Waals surface area contributed by atoms with E-state index in [1.165, 1.54) is 12.1 Å². The van der Waals surface area contributed by atoms with Gasteiger partial charge in [-0.3, -0.25) is 4.55 Å². The summed E-state index contributed by atoms with van der Waals surface area (Å²) in [5.41, 5.74) is 0.791. The molecule has 0 unspecified atom stereocenters. The second-order valence-corrected chi connectivity index (χ2v) is 14.7. The molecule has 0 fully saturated rings. The first-order chi connectivity index (χ1) is 23.8. The summed E-state index contributed by atoms with van der Waals surface area (Å²) < 4.78 is 78.3. The van der Waals surface area contributed by atoms with Crippen LogP contribution in [0.5, 0.6) is 34.5 Å². The standard InChI is InChI=1S/2C19H24O5S.Ca/c2*1-2-3-4-5-7-10-15-13-18(24-16-11-8-6-9-12-16)17(20)14-19(15)25(21,22)23;/h2*6,8-9,11-14,20H,2-5,7,10H2,1H3,(H,21,22,23);/q;;+2/p-2. The first-order valence-corrected chi connectivity index (χ1v) is 19.8. The molecule has 0 heterocycles. The molecular weight excluding hydrogens is 721 g/mol. The Morgan fingerprint density at radius 3 is 1.49 bits per heavy atom. The molecule has 4 aromatic carbocycles. The number of hydrogen-bond acceptors (Lipinski definition) is 9. The van der Waals surface area contributed by atoms with Gasteiger partial charge >= 0.3 is 37.7 Å². The van der Waals surface area contributed by atoms with Gasteiger partial charge in [0.1, 0.15) is 32.3 Å². The van der Waals surface area contributed by atoms with E-state index in [0.717, 1.165) is 76.3 Å². The average Bonchev–Trinajstić information content (AvgIpc) is 3.07. The van der Waals surface area contributed by atoms with Gasteiger partial charge in [-0.1, -0.05) is 107 Å². The molecule has 0 saturated carbocycles. The van der Waals surface area contributed by atoms with Crippen molar-refractivity contribution in [3.8, 4) is 34.5 Å². The summed E-state index contributed by atoms with van der Waals surface area (Å²) >= 11 is 0. The normalized spacial score (nSPS) is 11.2. The number of unbranched alkanes of at least 4 members (excludes halogenated alkanes) is 8. The van der Waals surface area contributed by atoms with Gasteiger partial charge in [-0.25, -0.2) is 8.42 Å². The fraction of sp³-hybridized carbons (Fsp3) is 0.368. The van der Waals surface area contributed by atoms with Crippen LogP contribution in [0.4, 0.5) is 0 Å². The van der Waals surface area contributed by atoms with Crippen LogP contribution in [-0.2, 0) is 33.1 Å². The molecule has 2 N–H and O–H groups in total. The largest absolute Gasteiger partial charge is 2.00 e. The maximum Gasteiger partial charge on any atom is 2.00 e. The Kier molecular flexibility index (Phi) is 19.4. The fourth-order valence-electron chi connectivity index (χ4n) is 5.27. The van der Waals surface area contributed by atoms with E-state index in [1.807, 2.05) is 12.1 Å². The van der Waals surface area contributed by atoms with Crippen LogP contribution in [0, 0.1) is 0 Å². The van der Waals surface area contributed by atoms with Crippen LogP contribution >= 0.6 is 0 Å². The predicted octanol–water partition coefficient (Wildman–Crippen LogP) is 8.53. The van der Waals surface area contributed by atoms with Crippen molar-refractivity contribution in [1.29, 1.82) is 0 Å². The SMILES string of the molecule is CCCCCCCc1cc(Oc2ccccc2)c(O)cc1S(=O)(=O)O.CCCCCCCc1cc(Oc2ccccc2)c([O-])cc1S(=O)(=O)[O-].[Ca+2]. The van der Waals surface area contributed by atoms with Gasteiger partial charge in [0, 0.05) is 6.07 Å². The Morgan fingerprint density at radius 1 is 0.608 bits per heavy atom. The number of phenols is 1. The molecule has 10 nitrogen and oxygen atoms in total. The molecule has 4 rings (SSSR count). The van der Waals surface area contributed by atoms with Crippen LogP contribution in [0.15, 0.2) is 94.7 Å². The van der Waals surface area contributed by atoms with Gasteiger partial charge in [-0.2, -0.15) is 8.42 Å². The molecule has 0 aromatic heterocycles. The minimum Gasteiger partial charge on any atom is -0.870 e. The van der Waals surface area contributed by atoms with E-state index >= 15 is 0 Å². The molecule has 4 aromatic rings. The number of hydrogen-bond donors (Lipinski definition) is 2. The van der Waals surface area contributed by atoms with Crippen molar-refractivity contribution < 1.29 is 45.6 Å². The minimum absolute atomic E-state index is 0. The first kappa shape index (κ1) is 44.3. The van der Waals surface area contributed by atoms with Crippen molar-refractivity contribution in [3.63, 3.8) is 0 Å². The third-order valence-corrected chi connectivity index (χ3v) is 9.71. The van der Waals surface area contributed by atoms with Gasteiger partial charge in [0.25, 0.3) is 10.1 Å². The zero-order valence-corrected chi connectivity index (χ0v) is 33.1. The van der Waals surface area contributed by atoms with Crippen molar-refractivity contribution in [2.75, 3.05) is 0 Å². The van der Waals surface area contributed by atoms with Crippen LogP contribution < -0.4 is 14.6 Å². The maximum atomic E-state index is 12.1. The van der Waals surface area contributed by atoms with Gasteiger partial charge in [0.05, 0.1) is 4.90 Å². The smallest absolute Gasteiger partial charge is 0.870 e. The van der Waals surface area contributed by atoms with Gasteiger partial charge in [0.2, 0.25) is 0 Å². The predicted molar refractivity (Wildman–Crippen MR) is 195 cm³/mol. The molecular formula is C38H46CaO10S2. The number of phenolic OH excluding ortho intramolecular Hbond substituents is 1. The summed E-state index contributed by atoms with van der Waals surface area (Å²) in [7, 11) is -9.11. The Hall–Kier alpha value is -2.84. The molecule has 0 saturated heterocycles. The van der Waals surface area contributed by atoms with Gasteiger partial charge in [-0.05, 0) is 79.3 Å². The fourth-order valence-corrected chi connectivity index (χ4v) is 6.76. The van der Waals surface area contributed by atoms with Crippen LogP contribution in [-0.4, -0.2) is 68.8 Å².